The summed E-state index contributed by atoms with van der Waals surface area (Å²) >= 11 is 14.1. The first-order valence-electron chi connectivity index (χ1n) is 8.02. The summed E-state index contributed by atoms with van der Waals surface area (Å²) < 4.78 is 5.87. The zero-order valence-corrected chi connectivity index (χ0v) is 17.0. The molecule has 2 aliphatic heterocycles. The minimum Gasteiger partial charge on any atom is -0.375 e. The third kappa shape index (κ3) is 5.12. The number of rotatable bonds is 5. The molecule has 2 N–H and O–H groups in total. The van der Waals surface area contributed by atoms with Crippen LogP contribution < -0.4 is 10.6 Å². The second-order valence-corrected chi connectivity index (χ2v) is 8.06. The number of benzene rings is 1. The summed E-state index contributed by atoms with van der Waals surface area (Å²) in [6, 6.07) is 3.60. The van der Waals surface area contributed by atoms with E-state index >= 15 is 0 Å². The molecule has 2 saturated heterocycles. The molecule has 3 rings (SSSR count). The van der Waals surface area contributed by atoms with Crippen molar-refractivity contribution in [3.63, 3.8) is 0 Å². The van der Waals surface area contributed by atoms with Gasteiger partial charge in [-0.2, -0.15) is 0 Å². The van der Waals surface area contributed by atoms with E-state index in [1.165, 1.54) is 0 Å². The van der Waals surface area contributed by atoms with E-state index in [0.29, 0.717) is 29.7 Å². The molecular formula is C16H18Cl2IN3O3. The number of hydrogen-bond donors (Lipinski definition) is 2. The van der Waals surface area contributed by atoms with Gasteiger partial charge in [-0.15, -0.1) is 0 Å². The van der Waals surface area contributed by atoms with Gasteiger partial charge in [0.1, 0.15) is 0 Å². The van der Waals surface area contributed by atoms with Crippen molar-refractivity contribution in [2.45, 2.75) is 25.0 Å². The normalized spacial score (nSPS) is 20.3. The van der Waals surface area contributed by atoms with Crippen molar-refractivity contribution in [1.29, 1.82) is 0 Å². The van der Waals surface area contributed by atoms with Crippen LogP contribution in [0.1, 0.15) is 12.8 Å². The Balaban J connectivity index is 1.45. The molecule has 2 aliphatic rings. The molecule has 0 saturated carbocycles. The summed E-state index contributed by atoms with van der Waals surface area (Å²) in [5.41, 5.74) is 0.787. The van der Waals surface area contributed by atoms with E-state index in [1.54, 1.807) is 12.1 Å². The van der Waals surface area contributed by atoms with Gasteiger partial charge in [0, 0.05) is 28.4 Å². The molecular weight excluding hydrogens is 480 g/mol. The summed E-state index contributed by atoms with van der Waals surface area (Å²) in [4.78, 5) is 25.9. The van der Waals surface area contributed by atoms with Gasteiger partial charge in [-0.1, -0.05) is 23.2 Å². The summed E-state index contributed by atoms with van der Waals surface area (Å²) in [7, 11) is 0. The van der Waals surface area contributed by atoms with Crippen molar-refractivity contribution in [3.8, 4) is 0 Å². The molecule has 0 aliphatic carbocycles. The number of carbonyl (C=O) groups is 2. The van der Waals surface area contributed by atoms with Gasteiger partial charge in [0.25, 0.3) is 5.91 Å². The van der Waals surface area contributed by atoms with E-state index in [-0.39, 0.29) is 30.5 Å². The number of epoxide rings is 1. The number of amides is 2. The van der Waals surface area contributed by atoms with Crippen molar-refractivity contribution in [1.82, 2.24) is 10.2 Å². The molecule has 0 bridgehead atoms. The molecule has 2 heterocycles. The highest BCUT2D eigenvalue weighted by molar-refractivity contribution is 14.1. The van der Waals surface area contributed by atoms with Crippen LogP contribution in [-0.2, 0) is 14.3 Å². The lowest BCUT2D eigenvalue weighted by Gasteiger charge is -2.32. The molecule has 0 radical (unpaired) electrons. The van der Waals surface area contributed by atoms with E-state index in [4.69, 9.17) is 27.9 Å². The molecule has 6 nitrogen and oxygen atoms in total. The standard InChI is InChI=1S/C16H18Cl2IN3O3/c17-10-5-12(19)13(6-11(10)18)20-7-15(23)22-3-1-9(2-4-22)21-16(24)14-8-25-14/h5-6,9,14,20H,1-4,7-8H2,(H,21,24). The fraction of sp³-hybridized carbons (Fsp3) is 0.500. The van der Waals surface area contributed by atoms with E-state index in [9.17, 15) is 9.59 Å². The molecule has 2 fully saturated rings. The van der Waals surface area contributed by atoms with Crippen molar-refractivity contribution >= 4 is 63.3 Å². The maximum atomic E-state index is 12.4. The van der Waals surface area contributed by atoms with Crippen molar-refractivity contribution in [3.05, 3.63) is 25.7 Å². The minimum absolute atomic E-state index is 0.0252. The number of carbonyl (C=O) groups excluding carboxylic acids is 2. The lowest BCUT2D eigenvalue weighted by atomic mass is 10.0. The van der Waals surface area contributed by atoms with Gasteiger partial charge < -0.3 is 20.3 Å². The Kier molecular flexibility index (Phi) is 6.30. The highest BCUT2D eigenvalue weighted by atomic mass is 127. The van der Waals surface area contributed by atoms with Crippen LogP contribution in [0.2, 0.25) is 10.0 Å². The topological polar surface area (TPSA) is 74.0 Å². The van der Waals surface area contributed by atoms with Gasteiger partial charge in [0.2, 0.25) is 5.91 Å². The molecule has 25 heavy (non-hydrogen) atoms. The summed E-state index contributed by atoms with van der Waals surface area (Å²) in [5, 5.41) is 7.03. The van der Waals surface area contributed by atoms with Gasteiger partial charge in [0.15, 0.2) is 6.10 Å². The van der Waals surface area contributed by atoms with Crippen molar-refractivity contribution in [2.75, 3.05) is 31.6 Å². The first-order valence-corrected chi connectivity index (χ1v) is 9.85. The Morgan fingerprint density at radius 1 is 1.24 bits per heavy atom. The van der Waals surface area contributed by atoms with E-state index in [0.717, 1.165) is 22.1 Å². The van der Waals surface area contributed by atoms with Crippen LogP contribution in [0.3, 0.4) is 0 Å². The van der Waals surface area contributed by atoms with Gasteiger partial charge in [-0.3, -0.25) is 9.59 Å². The average Bonchev–Trinajstić information content (AvgIpc) is 3.42. The Labute approximate surface area is 169 Å². The first kappa shape index (κ1) is 19.0. The Morgan fingerprint density at radius 2 is 1.88 bits per heavy atom. The fourth-order valence-electron chi connectivity index (χ4n) is 2.71. The number of hydrogen-bond acceptors (Lipinski definition) is 4. The van der Waals surface area contributed by atoms with Crippen LogP contribution in [0.5, 0.6) is 0 Å². The first-order chi connectivity index (χ1) is 11.9. The summed E-state index contributed by atoms with van der Waals surface area (Å²) in [6.07, 6.45) is 1.25. The van der Waals surface area contributed by atoms with Crippen LogP contribution >= 0.6 is 45.8 Å². The molecule has 1 aromatic carbocycles. The number of anilines is 1. The molecule has 136 valence electrons. The largest absolute Gasteiger partial charge is 0.375 e. The highest BCUT2D eigenvalue weighted by Gasteiger charge is 2.33. The molecule has 1 unspecified atom stereocenters. The smallest absolute Gasteiger partial charge is 0.251 e. The molecule has 0 aromatic heterocycles. The maximum Gasteiger partial charge on any atom is 0.251 e. The van der Waals surface area contributed by atoms with E-state index < -0.39 is 0 Å². The van der Waals surface area contributed by atoms with Gasteiger partial charge in [-0.05, 0) is 47.6 Å². The number of nitrogens with one attached hydrogen (secondary N) is 2. The average molecular weight is 498 g/mol. The Bertz CT molecular complexity index is 677. The monoisotopic (exact) mass is 497 g/mol. The third-order valence-electron chi connectivity index (χ3n) is 4.26. The fourth-order valence-corrected chi connectivity index (χ4v) is 3.88. The highest BCUT2D eigenvalue weighted by Crippen LogP contribution is 2.30. The van der Waals surface area contributed by atoms with Gasteiger partial charge in [0.05, 0.1) is 23.2 Å². The molecule has 0 spiro atoms. The van der Waals surface area contributed by atoms with Crippen LogP contribution in [0.4, 0.5) is 5.69 Å². The maximum absolute atomic E-state index is 12.4. The lowest BCUT2D eigenvalue weighted by Crippen LogP contribution is -2.48. The number of ether oxygens (including phenoxy) is 1. The Hall–Kier alpha value is -0.770. The van der Waals surface area contributed by atoms with E-state index in [1.807, 2.05) is 4.90 Å². The second-order valence-electron chi connectivity index (χ2n) is 6.09. The van der Waals surface area contributed by atoms with Crippen molar-refractivity contribution in [2.24, 2.45) is 0 Å². The zero-order valence-electron chi connectivity index (χ0n) is 13.4. The predicted molar refractivity (Wildman–Crippen MR) is 105 cm³/mol. The quantitative estimate of drug-likeness (QED) is 0.372. The van der Waals surface area contributed by atoms with Crippen LogP contribution in [0.25, 0.3) is 0 Å². The molecule has 9 heteroatoms. The number of likely N-dealkylation sites (tertiary alicyclic amines) is 1. The molecule has 2 amide bonds. The summed E-state index contributed by atoms with van der Waals surface area (Å²) in [5.74, 6) is -0.0159. The number of piperidine rings is 1. The predicted octanol–water partition coefficient (Wildman–Crippen LogP) is 2.52. The van der Waals surface area contributed by atoms with Crippen molar-refractivity contribution < 1.29 is 14.3 Å². The molecule has 1 aromatic rings. The molecule has 1 atom stereocenters. The Morgan fingerprint density at radius 3 is 2.52 bits per heavy atom. The lowest BCUT2D eigenvalue weighted by molar-refractivity contribution is -0.130. The van der Waals surface area contributed by atoms with Gasteiger partial charge >= 0.3 is 0 Å². The second kappa shape index (κ2) is 8.28. The zero-order chi connectivity index (χ0) is 18.0. The van der Waals surface area contributed by atoms with Crippen LogP contribution in [0.15, 0.2) is 12.1 Å². The summed E-state index contributed by atoms with van der Waals surface area (Å²) in [6.45, 7) is 1.98. The van der Waals surface area contributed by atoms with Crippen LogP contribution in [-0.4, -0.2) is 55.1 Å². The minimum atomic E-state index is -0.266. The number of halogens is 3. The van der Waals surface area contributed by atoms with Crippen LogP contribution in [0, 0.1) is 3.57 Å². The third-order valence-corrected chi connectivity index (χ3v) is 5.87. The van der Waals surface area contributed by atoms with E-state index in [2.05, 4.69) is 33.2 Å². The van der Waals surface area contributed by atoms with Gasteiger partial charge in [-0.25, -0.2) is 0 Å². The number of nitrogens with zero attached hydrogens (tertiary/aromatic N) is 1. The SMILES string of the molecule is O=C(NC1CCN(C(=O)CNc2cc(Cl)c(Cl)cc2I)CC1)C1CO1.